The van der Waals surface area contributed by atoms with Gasteiger partial charge in [-0.05, 0) is 27.6 Å². The Hall–Kier alpha value is 0.185. The number of carbonyl (C=O) groups excluding carboxylic acids is 1. The van der Waals surface area contributed by atoms with Crippen LogP contribution in [0.15, 0.2) is 0 Å². The second kappa shape index (κ2) is 6.70. The van der Waals surface area contributed by atoms with E-state index in [0.29, 0.717) is 0 Å². The lowest BCUT2D eigenvalue weighted by molar-refractivity contribution is -0.155. The highest BCUT2D eigenvalue weighted by molar-refractivity contribution is 14.1. The number of hydrogen-bond acceptors (Lipinski definition) is 4. The van der Waals surface area contributed by atoms with E-state index in [9.17, 15) is 4.79 Å². The zero-order valence-electron chi connectivity index (χ0n) is 9.71. The van der Waals surface area contributed by atoms with Gasteiger partial charge in [0.25, 0.3) is 0 Å². The minimum Gasteiger partial charge on any atom is -0.460 e. The Labute approximate surface area is 105 Å². The van der Waals surface area contributed by atoms with Crippen molar-refractivity contribution in [3.8, 4) is 0 Å². The minimum atomic E-state index is -0.604. The zero-order valence-corrected chi connectivity index (χ0v) is 11.9. The van der Waals surface area contributed by atoms with Crippen molar-refractivity contribution in [2.45, 2.75) is 45.7 Å². The molecule has 6 heteroatoms. The smallest absolute Gasteiger partial charge is 0.373 e. The molecule has 88 valence electrons. The molecule has 0 aliphatic rings. The second-order valence-corrected chi connectivity index (χ2v) is 5.37. The number of halogens is 1. The van der Waals surface area contributed by atoms with E-state index in [4.69, 9.17) is 9.76 Å². The number of ether oxygens (including phenoxy) is 1. The van der Waals surface area contributed by atoms with Gasteiger partial charge in [-0.15, -0.1) is 0 Å². The van der Waals surface area contributed by atoms with Gasteiger partial charge in [-0.25, -0.2) is 0 Å². The minimum absolute atomic E-state index is 0.0413. The van der Waals surface area contributed by atoms with Crippen molar-refractivity contribution in [3.05, 3.63) is 0 Å². The summed E-state index contributed by atoms with van der Waals surface area (Å²) in [5.41, 5.74) is -0.447. The van der Waals surface area contributed by atoms with Crippen molar-refractivity contribution in [1.29, 1.82) is 0 Å². The molecule has 0 aliphatic carbocycles. The van der Waals surface area contributed by atoms with Crippen LogP contribution in [0.5, 0.6) is 0 Å². The maximum Gasteiger partial charge on any atom is 0.373 e. The van der Waals surface area contributed by atoms with Crippen LogP contribution < -0.4 is 5.23 Å². The molecule has 0 radical (unpaired) electrons. The summed E-state index contributed by atoms with van der Waals surface area (Å²) in [5, 5.41) is 12.0. The van der Waals surface area contributed by atoms with Crippen molar-refractivity contribution >= 4 is 35.6 Å². The third kappa shape index (κ3) is 9.13. The summed E-state index contributed by atoms with van der Waals surface area (Å²) < 4.78 is 5.94. The Morgan fingerprint density at radius 1 is 1.60 bits per heavy atom. The fourth-order valence-electron chi connectivity index (χ4n) is 1.08. The SMILES string of the molecule is CB(O)N[C@@H](CI)CC(=O)OC(C)(C)C. The van der Waals surface area contributed by atoms with Gasteiger partial charge in [0.1, 0.15) is 5.60 Å². The Balaban J connectivity index is 4.02. The second-order valence-electron chi connectivity index (χ2n) is 4.48. The lowest BCUT2D eigenvalue weighted by Crippen LogP contribution is -2.43. The zero-order chi connectivity index (χ0) is 12.1. The molecule has 4 nitrogen and oxygen atoms in total. The van der Waals surface area contributed by atoms with E-state index >= 15 is 0 Å². The van der Waals surface area contributed by atoms with E-state index in [-0.39, 0.29) is 18.4 Å². The first-order valence-corrected chi connectivity index (χ1v) is 6.49. The number of alkyl halides is 1. The molecule has 0 saturated carbocycles. The molecule has 0 bridgehead atoms. The van der Waals surface area contributed by atoms with Crippen LogP contribution >= 0.6 is 22.6 Å². The van der Waals surface area contributed by atoms with Crippen molar-refractivity contribution in [2.24, 2.45) is 0 Å². The van der Waals surface area contributed by atoms with Gasteiger partial charge in [0.2, 0.25) is 0 Å². The van der Waals surface area contributed by atoms with Crippen LogP contribution in [-0.2, 0) is 9.53 Å². The summed E-state index contributed by atoms with van der Waals surface area (Å²) >= 11 is 2.17. The Bertz CT molecular complexity index is 206. The van der Waals surface area contributed by atoms with Crippen molar-refractivity contribution in [3.63, 3.8) is 0 Å². The highest BCUT2D eigenvalue weighted by Crippen LogP contribution is 2.10. The molecule has 0 aromatic rings. The van der Waals surface area contributed by atoms with Crippen molar-refractivity contribution in [1.82, 2.24) is 5.23 Å². The molecule has 0 aromatic heterocycles. The summed E-state index contributed by atoms with van der Waals surface area (Å²) in [5.74, 6) is -0.239. The predicted molar refractivity (Wildman–Crippen MR) is 70.1 cm³/mol. The summed E-state index contributed by atoms with van der Waals surface area (Å²) in [6, 6.07) is -0.0413. The number of rotatable bonds is 5. The third-order valence-electron chi connectivity index (χ3n) is 1.50. The summed E-state index contributed by atoms with van der Waals surface area (Å²) in [4.78, 5) is 11.5. The summed E-state index contributed by atoms with van der Waals surface area (Å²) in [7, 11) is -0.604. The molecule has 1 atom stereocenters. The quantitative estimate of drug-likeness (QED) is 0.345. The maximum absolute atomic E-state index is 11.5. The fraction of sp³-hybridized carbons (Fsp3) is 0.889. The van der Waals surface area contributed by atoms with Gasteiger partial charge in [-0.3, -0.25) is 4.79 Å². The van der Waals surface area contributed by atoms with Crippen LogP contribution in [-0.4, -0.2) is 34.1 Å². The number of nitrogens with one attached hydrogen (secondary N) is 1. The molecule has 2 N–H and O–H groups in total. The van der Waals surface area contributed by atoms with E-state index in [0.717, 1.165) is 4.43 Å². The van der Waals surface area contributed by atoms with Crippen LogP contribution in [0.25, 0.3) is 0 Å². The number of carbonyl (C=O) groups is 1. The normalized spacial score (nSPS) is 13.5. The first-order chi connectivity index (χ1) is 6.74. The first-order valence-electron chi connectivity index (χ1n) is 4.96. The van der Waals surface area contributed by atoms with Crippen molar-refractivity contribution in [2.75, 3.05) is 4.43 Å². The molecule has 0 rings (SSSR count). The van der Waals surface area contributed by atoms with Gasteiger partial charge in [0, 0.05) is 10.5 Å². The first kappa shape index (κ1) is 15.2. The summed E-state index contributed by atoms with van der Waals surface area (Å²) in [6.45, 7) is 7.15. The molecular formula is C9H19BINO3. The van der Waals surface area contributed by atoms with Crippen molar-refractivity contribution < 1.29 is 14.6 Å². The van der Waals surface area contributed by atoms with E-state index in [1.165, 1.54) is 0 Å². The van der Waals surface area contributed by atoms with Crippen LogP contribution in [0, 0.1) is 0 Å². The summed E-state index contributed by atoms with van der Waals surface area (Å²) in [6.07, 6.45) is 0.283. The molecule has 0 heterocycles. The van der Waals surface area contributed by atoms with Gasteiger partial charge in [0.05, 0.1) is 6.42 Å². The topological polar surface area (TPSA) is 58.6 Å². The van der Waals surface area contributed by atoms with Gasteiger partial charge < -0.3 is 15.0 Å². The largest absolute Gasteiger partial charge is 0.460 e. The molecule has 0 unspecified atom stereocenters. The highest BCUT2D eigenvalue weighted by atomic mass is 127. The standard InChI is InChI=1S/C9H19BINO3/c1-9(2,3)15-8(13)5-7(6-11)12-10(4)14/h7,12,14H,5-6H2,1-4H3/t7-/m1/s1. The average Bonchev–Trinajstić information content (AvgIpc) is 1.98. The Morgan fingerprint density at radius 3 is 2.47 bits per heavy atom. The monoisotopic (exact) mass is 327 g/mol. The lowest BCUT2D eigenvalue weighted by atomic mass is 9.87. The molecule has 0 aliphatic heterocycles. The average molecular weight is 327 g/mol. The number of esters is 1. The third-order valence-corrected chi connectivity index (χ3v) is 2.56. The maximum atomic E-state index is 11.5. The van der Waals surface area contributed by atoms with E-state index in [1.807, 2.05) is 20.8 Å². The molecule has 0 amide bonds. The molecular weight excluding hydrogens is 308 g/mol. The molecule has 0 aromatic carbocycles. The number of hydrogen-bond donors (Lipinski definition) is 2. The van der Waals surface area contributed by atoms with Gasteiger partial charge >= 0.3 is 13.0 Å². The van der Waals surface area contributed by atoms with Gasteiger partial charge in [-0.2, -0.15) is 0 Å². The molecule has 15 heavy (non-hydrogen) atoms. The van der Waals surface area contributed by atoms with Gasteiger partial charge in [-0.1, -0.05) is 22.6 Å². The van der Waals surface area contributed by atoms with Crippen LogP contribution in [0.2, 0.25) is 6.82 Å². The lowest BCUT2D eigenvalue weighted by Gasteiger charge is -2.22. The molecule has 0 spiro atoms. The van der Waals surface area contributed by atoms with Crippen LogP contribution in [0.3, 0.4) is 0 Å². The van der Waals surface area contributed by atoms with E-state index < -0.39 is 12.7 Å². The van der Waals surface area contributed by atoms with Crippen LogP contribution in [0.1, 0.15) is 27.2 Å². The Kier molecular flexibility index (Phi) is 6.78. The molecule has 0 saturated heterocycles. The van der Waals surface area contributed by atoms with Crippen LogP contribution in [0.4, 0.5) is 0 Å². The molecule has 0 fully saturated rings. The predicted octanol–water partition coefficient (Wildman–Crippen LogP) is 1.22. The fourth-order valence-corrected chi connectivity index (χ4v) is 1.65. The highest BCUT2D eigenvalue weighted by Gasteiger charge is 2.21. The Morgan fingerprint density at radius 2 is 2.13 bits per heavy atom. The van der Waals surface area contributed by atoms with E-state index in [2.05, 4.69) is 27.8 Å². The van der Waals surface area contributed by atoms with Gasteiger partial charge in [0.15, 0.2) is 0 Å². The van der Waals surface area contributed by atoms with E-state index in [1.54, 1.807) is 6.82 Å².